The number of nitrogens with zero attached hydrogens (tertiary/aromatic N) is 1. The van der Waals surface area contributed by atoms with Crippen LogP contribution in [0.3, 0.4) is 0 Å². The van der Waals surface area contributed by atoms with Crippen molar-refractivity contribution < 1.29 is 14.3 Å². The molecule has 0 saturated heterocycles. The molecule has 0 fully saturated rings. The molecule has 5 heteroatoms. The average molecular weight is 398 g/mol. The lowest BCUT2D eigenvalue weighted by Gasteiger charge is -2.16. The fourth-order valence-electron chi connectivity index (χ4n) is 3.47. The highest BCUT2D eigenvalue weighted by atomic mass is 16.5. The molecule has 3 aromatic carbocycles. The van der Waals surface area contributed by atoms with Crippen molar-refractivity contribution in [3.8, 4) is 5.75 Å². The largest absolute Gasteiger partial charge is 0.497 e. The summed E-state index contributed by atoms with van der Waals surface area (Å²) in [7, 11) is 1.55. The number of carbonyl (C=O) groups excluding carboxylic acids is 2. The highest BCUT2D eigenvalue weighted by molar-refractivity contribution is 6.46. The first kappa shape index (κ1) is 19.5. The number of carbonyl (C=O) groups is 2. The molecule has 1 N–H and O–H groups in total. The number of aryl methyl sites for hydroxylation is 2. The second-order valence-electron chi connectivity index (χ2n) is 7.19. The van der Waals surface area contributed by atoms with E-state index in [0.717, 1.165) is 16.8 Å². The van der Waals surface area contributed by atoms with Crippen LogP contribution in [0.15, 0.2) is 78.5 Å². The zero-order chi connectivity index (χ0) is 21.3. The van der Waals surface area contributed by atoms with E-state index in [4.69, 9.17) is 4.74 Å². The molecular formula is C25H22N2O3. The van der Waals surface area contributed by atoms with Crippen molar-refractivity contribution in [2.24, 2.45) is 0 Å². The van der Waals surface area contributed by atoms with E-state index < -0.39 is 5.91 Å². The Labute approximate surface area is 175 Å². The maximum Gasteiger partial charge on any atom is 0.282 e. The van der Waals surface area contributed by atoms with E-state index in [1.807, 2.05) is 62.4 Å². The molecule has 1 aliphatic heterocycles. The molecule has 0 saturated carbocycles. The van der Waals surface area contributed by atoms with Gasteiger partial charge in [-0.05, 0) is 54.8 Å². The molecule has 3 aromatic rings. The van der Waals surface area contributed by atoms with Crippen LogP contribution < -0.4 is 15.0 Å². The lowest BCUT2D eigenvalue weighted by Crippen LogP contribution is -2.32. The minimum Gasteiger partial charge on any atom is -0.497 e. The summed E-state index contributed by atoms with van der Waals surface area (Å²) in [4.78, 5) is 28.0. The van der Waals surface area contributed by atoms with Gasteiger partial charge in [-0.25, -0.2) is 4.90 Å². The van der Waals surface area contributed by atoms with E-state index in [1.54, 1.807) is 31.4 Å². The third-order valence-corrected chi connectivity index (χ3v) is 5.23. The molecule has 150 valence electrons. The van der Waals surface area contributed by atoms with Crippen LogP contribution in [0.25, 0.3) is 5.57 Å². The number of benzene rings is 3. The summed E-state index contributed by atoms with van der Waals surface area (Å²) < 4.78 is 5.26. The summed E-state index contributed by atoms with van der Waals surface area (Å²) in [5, 5.41) is 3.20. The number of ether oxygens (including phenoxy) is 1. The quantitative estimate of drug-likeness (QED) is 0.633. The Morgan fingerprint density at radius 3 is 2.27 bits per heavy atom. The highest BCUT2D eigenvalue weighted by Crippen LogP contribution is 2.35. The molecule has 0 aromatic heterocycles. The lowest BCUT2D eigenvalue weighted by atomic mass is 10.0. The number of hydrogen-bond donors (Lipinski definition) is 1. The summed E-state index contributed by atoms with van der Waals surface area (Å²) in [5.41, 5.74) is 4.78. The van der Waals surface area contributed by atoms with Crippen LogP contribution in [-0.2, 0) is 9.59 Å². The Kier molecular flexibility index (Phi) is 5.11. The molecule has 2 amide bonds. The van der Waals surface area contributed by atoms with Gasteiger partial charge in [-0.3, -0.25) is 9.59 Å². The highest BCUT2D eigenvalue weighted by Gasteiger charge is 2.40. The maximum absolute atomic E-state index is 13.4. The second kappa shape index (κ2) is 7.87. The van der Waals surface area contributed by atoms with Gasteiger partial charge in [0.05, 0.1) is 18.4 Å². The number of nitrogens with one attached hydrogen (secondary N) is 1. The van der Waals surface area contributed by atoms with Crippen LogP contribution >= 0.6 is 0 Å². The summed E-state index contributed by atoms with van der Waals surface area (Å²) in [6.45, 7) is 4.04. The first-order valence-electron chi connectivity index (χ1n) is 9.66. The minimum absolute atomic E-state index is 0.261. The monoisotopic (exact) mass is 398 g/mol. The number of rotatable bonds is 5. The summed E-state index contributed by atoms with van der Waals surface area (Å²) in [6.07, 6.45) is 0. The fourth-order valence-corrected chi connectivity index (χ4v) is 3.47. The molecule has 30 heavy (non-hydrogen) atoms. The van der Waals surface area contributed by atoms with E-state index in [2.05, 4.69) is 5.32 Å². The maximum atomic E-state index is 13.4. The number of anilines is 2. The van der Waals surface area contributed by atoms with Crippen LogP contribution in [0.4, 0.5) is 11.4 Å². The number of hydrogen-bond acceptors (Lipinski definition) is 4. The molecule has 4 rings (SSSR count). The van der Waals surface area contributed by atoms with Crippen molar-refractivity contribution in [3.63, 3.8) is 0 Å². The van der Waals surface area contributed by atoms with Crippen molar-refractivity contribution in [3.05, 3.63) is 95.2 Å². The van der Waals surface area contributed by atoms with E-state index in [0.29, 0.717) is 22.6 Å². The van der Waals surface area contributed by atoms with Gasteiger partial charge >= 0.3 is 0 Å². The minimum atomic E-state index is -0.398. The molecule has 0 spiro atoms. The van der Waals surface area contributed by atoms with Crippen LogP contribution in [0.5, 0.6) is 5.75 Å². The Balaban J connectivity index is 1.81. The van der Waals surface area contributed by atoms with Gasteiger partial charge in [0.15, 0.2) is 0 Å². The van der Waals surface area contributed by atoms with E-state index in [1.165, 1.54) is 4.90 Å². The van der Waals surface area contributed by atoms with Crippen LogP contribution in [0, 0.1) is 13.8 Å². The normalized spacial score (nSPS) is 13.8. The van der Waals surface area contributed by atoms with Crippen LogP contribution in [-0.4, -0.2) is 18.9 Å². The molecule has 1 aliphatic rings. The van der Waals surface area contributed by atoms with Crippen LogP contribution in [0.1, 0.15) is 16.7 Å². The Bertz CT molecular complexity index is 1170. The smallest absolute Gasteiger partial charge is 0.282 e. The molecule has 0 atom stereocenters. The summed E-state index contributed by atoms with van der Waals surface area (Å²) >= 11 is 0. The zero-order valence-corrected chi connectivity index (χ0v) is 17.1. The number of amides is 2. The first-order chi connectivity index (χ1) is 14.5. The second-order valence-corrected chi connectivity index (χ2v) is 7.19. The van der Waals surface area contributed by atoms with Gasteiger partial charge in [0.25, 0.3) is 11.8 Å². The van der Waals surface area contributed by atoms with E-state index in [9.17, 15) is 9.59 Å². The van der Waals surface area contributed by atoms with Gasteiger partial charge in [-0.1, -0.05) is 42.5 Å². The van der Waals surface area contributed by atoms with Gasteiger partial charge in [0, 0.05) is 11.8 Å². The predicted molar refractivity (Wildman–Crippen MR) is 118 cm³/mol. The van der Waals surface area contributed by atoms with Crippen molar-refractivity contribution in [1.82, 2.24) is 0 Å². The molecule has 5 nitrogen and oxygen atoms in total. The van der Waals surface area contributed by atoms with Crippen molar-refractivity contribution in [1.29, 1.82) is 0 Å². The Morgan fingerprint density at radius 1 is 0.800 bits per heavy atom. The molecular weight excluding hydrogens is 376 g/mol. The summed E-state index contributed by atoms with van der Waals surface area (Å²) in [6, 6.07) is 22.0. The van der Waals surface area contributed by atoms with Crippen LogP contribution in [0.2, 0.25) is 0 Å². The summed E-state index contributed by atoms with van der Waals surface area (Å²) in [5.74, 6) is -0.193. The topological polar surface area (TPSA) is 58.6 Å². The van der Waals surface area contributed by atoms with Gasteiger partial charge in [-0.2, -0.15) is 0 Å². The SMILES string of the molecule is COc1cccc(N2C(=O)C(Nc3ccc(C)c(C)c3)=C(c3ccccc3)C2=O)c1. The van der Waals surface area contributed by atoms with Gasteiger partial charge in [0.1, 0.15) is 11.4 Å². The third-order valence-electron chi connectivity index (χ3n) is 5.23. The molecule has 0 bridgehead atoms. The Hall–Kier alpha value is -3.86. The fraction of sp³-hybridized carbons (Fsp3) is 0.120. The molecule has 0 radical (unpaired) electrons. The number of methoxy groups -OCH3 is 1. The number of imide groups is 1. The average Bonchev–Trinajstić information content (AvgIpc) is 3.00. The van der Waals surface area contributed by atoms with Crippen molar-refractivity contribution in [2.75, 3.05) is 17.3 Å². The van der Waals surface area contributed by atoms with Crippen molar-refractivity contribution in [2.45, 2.75) is 13.8 Å². The third kappa shape index (κ3) is 3.46. The standard InChI is InChI=1S/C25H22N2O3/c1-16-12-13-19(14-17(16)2)26-23-22(18-8-5-4-6-9-18)24(28)27(25(23)29)20-10-7-11-21(15-20)30-3/h4-15,26H,1-3H3. The first-order valence-corrected chi connectivity index (χ1v) is 9.66. The van der Waals surface area contributed by atoms with Crippen molar-refractivity contribution >= 4 is 28.8 Å². The molecule has 0 unspecified atom stereocenters. The molecule has 1 heterocycles. The molecule has 0 aliphatic carbocycles. The lowest BCUT2D eigenvalue weighted by molar-refractivity contribution is -0.120. The predicted octanol–water partition coefficient (Wildman–Crippen LogP) is 4.71. The Morgan fingerprint density at radius 2 is 1.57 bits per heavy atom. The van der Waals surface area contributed by atoms with Gasteiger partial charge in [0.2, 0.25) is 0 Å². The van der Waals surface area contributed by atoms with Gasteiger partial charge < -0.3 is 10.1 Å². The zero-order valence-electron chi connectivity index (χ0n) is 17.1. The van der Waals surface area contributed by atoms with E-state index in [-0.39, 0.29) is 11.6 Å². The van der Waals surface area contributed by atoms with E-state index >= 15 is 0 Å². The van der Waals surface area contributed by atoms with Gasteiger partial charge in [-0.15, -0.1) is 0 Å².